The second-order valence-corrected chi connectivity index (χ2v) is 6.96. The fourth-order valence-electron chi connectivity index (χ4n) is 3.60. The molecule has 0 fully saturated rings. The zero-order chi connectivity index (χ0) is 18.0. The van der Waals surface area contributed by atoms with Gasteiger partial charge in [0.1, 0.15) is 0 Å². The van der Waals surface area contributed by atoms with Gasteiger partial charge < -0.3 is 10.6 Å². The largest absolute Gasteiger partial charge is 0.366 e. The summed E-state index contributed by atoms with van der Waals surface area (Å²) in [5.41, 5.74) is 9.35. The molecule has 0 amide bonds. The van der Waals surface area contributed by atoms with E-state index in [1.807, 2.05) is 0 Å². The molecule has 130 valence electrons. The number of aryl methyl sites for hydroxylation is 2. The van der Waals surface area contributed by atoms with Crippen LogP contribution < -0.4 is 10.6 Å². The Bertz CT molecular complexity index is 830. The van der Waals surface area contributed by atoms with Crippen molar-refractivity contribution in [2.75, 3.05) is 5.32 Å². The lowest BCUT2D eigenvalue weighted by molar-refractivity contribution is 0.688. The van der Waals surface area contributed by atoms with E-state index in [9.17, 15) is 0 Å². The first-order chi connectivity index (χ1) is 12.0. The molecule has 2 aromatic rings. The number of anilines is 1. The van der Waals surface area contributed by atoms with Crippen molar-refractivity contribution in [1.82, 2.24) is 5.32 Å². The maximum Gasteiger partial charge on any atom is 0.0961 e. The van der Waals surface area contributed by atoms with E-state index in [1.54, 1.807) is 0 Å². The Kier molecular flexibility index (Phi) is 4.98. The molecule has 0 spiro atoms. The van der Waals surface area contributed by atoms with E-state index in [4.69, 9.17) is 0 Å². The molecule has 0 saturated carbocycles. The van der Waals surface area contributed by atoms with E-state index >= 15 is 0 Å². The van der Waals surface area contributed by atoms with Crippen molar-refractivity contribution in [3.05, 3.63) is 82.7 Å². The molecular formula is C23H28N2. The van der Waals surface area contributed by atoms with Crippen LogP contribution in [0.15, 0.2) is 60.4 Å². The van der Waals surface area contributed by atoms with Gasteiger partial charge in [-0.15, -0.1) is 0 Å². The molecule has 0 heterocycles. The van der Waals surface area contributed by atoms with Crippen LogP contribution in [0, 0.1) is 6.92 Å². The van der Waals surface area contributed by atoms with Crippen molar-refractivity contribution < 1.29 is 0 Å². The zero-order valence-corrected chi connectivity index (χ0v) is 15.7. The van der Waals surface area contributed by atoms with Crippen molar-refractivity contribution in [1.29, 1.82) is 0 Å². The Morgan fingerprint density at radius 2 is 1.92 bits per heavy atom. The predicted molar refractivity (Wildman–Crippen MR) is 109 cm³/mol. The SMILES string of the molecule is C=C(Nc1cc(CC)ccc1C)NC(C)C1=C(C)c2ccccc2C1. The Labute approximate surface area is 151 Å². The first kappa shape index (κ1) is 17.3. The molecule has 0 aromatic heterocycles. The lowest BCUT2D eigenvalue weighted by atomic mass is 10.0. The highest BCUT2D eigenvalue weighted by molar-refractivity contribution is 5.75. The van der Waals surface area contributed by atoms with Gasteiger partial charge in [0.2, 0.25) is 0 Å². The van der Waals surface area contributed by atoms with Crippen LogP contribution in [0.1, 0.15) is 43.0 Å². The average Bonchev–Trinajstić information content (AvgIpc) is 2.94. The van der Waals surface area contributed by atoms with Crippen molar-refractivity contribution in [3.63, 3.8) is 0 Å². The lowest BCUT2D eigenvalue weighted by Gasteiger charge is -2.21. The molecular weight excluding hydrogens is 304 g/mol. The molecule has 0 radical (unpaired) electrons. The third-order valence-electron chi connectivity index (χ3n) is 5.19. The maximum absolute atomic E-state index is 4.19. The Hall–Kier alpha value is -2.48. The van der Waals surface area contributed by atoms with Gasteiger partial charge in [0, 0.05) is 11.7 Å². The lowest BCUT2D eigenvalue weighted by Crippen LogP contribution is -2.30. The van der Waals surface area contributed by atoms with Crippen molar-refractivity contribution in [2.24, 2.45) is 0 Å². The van der Waals surface area contributed by atoms with Gasteiger partial charge in [0.15, 0.2) is 0 Å². The molecule has 2 aromatic carbocycles. The van der Waals surface area contributed by atoms with Gasteiger partial charge >= 0.3 is 0 Å². The second-order valence-electron chi connectivity index (χ2n) is 6.96. The zero-order valence-electron chi connectivity index (χ0n) is 15.7. The standard InChI is InChI=1S/C23H28N2/c1-6-19-12-11-15(2)23(13-19)25-18(5)24-17(4)22-14-20-9-7-8-10-21(20)16(22)3/h7-13,17,24-25H,5-6,14H2,1-4H3. The fourth-order valence-corrected chi connectivity index (χ4v) is 3.60. The van der Waals surface area contributed by atoms with Crippen LogP contribution >= 0.6 is 0 Å². The van der Waals surface area contributed by atoms with Crippen LogP contribution in [0.25, 0.3) is 5.57 Å². The summed E-state index contributed by atoms with van der Waals surface area (Å²) in [6.07, 6.45) is 2.06. The third-order valence-corrected chi connectivity index (χ3v) is 5.19. The number of rotatable bonds is 6. The summed E-state index contributed by atoms with van der Waals surface area (Å²) in [5, 5.41) is 6.98. The summed E-state index contributed by atoms with van der Waals surface area (Å²) in [4.78, 5) is 0. The highest BCUT2D eigenvalue weighted by atomic mass is 15.1. The van der Waals surface area contributed by atoms with Gasteiger partial charge in [-0.1, -0.05) is 49.9 Å². The summed E-state index contributed by atoms with van der Waals surface area (Å²) < 4.78 is 0. The molecule has 0 bridgehead atoms. The minimum atomic E-state index is 0.252. The summed E-state index contributed by atoms with van der Waals surface area (Å²) in [6.45, 7) is 12.9. The van der Waals surface area contributed by atoms with Gasteiger partial charge in [-0.25, -0.2) is 0 Å². The van der Waals surface area contributed by atoms with Crippen molar-refractivity contribution in [2.45, 2.75) is 46.6 Å². The first-order valence-corrected chi connectivity index (χ1v) is 9.09. The highest BCUT2D eigenvalue weighted by Gasteiger charge is 2.22. The number of hydrogen-bond donors (Lipinski definition) is 2. The summed E-state index contributed by atoms with van der Waals surface area (Å²) in [7, 11) is 0. The van der Waals surface area contributed by atoms with Crippen LogP contribution in [0.4, 0.5) is 5.69 Å². The van der Waals surface area contributed by atoms with Crippen LogP contribution in [0.2, 0.25) is 0 Å². The Balaban J connectivity index is 1.69. The molecule has 1 aliphatic carbocycles. The number of allylic oxidation sites excluding steroid dienone is 1. The van der Waals surface area contributed by atoms with E-state index in [1.165, 1.54) is 33.4 Å². The molecule has 0 aliphatic heterocycles. The third kappa shape index (κ3) is 3.63. The topological polar surface area (TPSA) is 24.1 Å². The average molecular weight is 332 g/mol. The monoisotopic (exact) mass is 332 g/mol. The quantitative estimate of drug-likeness (QED) is 0.735. The molecule has 25 heavy (non-hydrogen) atoms. The smallest absolute Gasteiger partial charge is 0.0961 e. The van der Waals surface area contributed by atoms with E-state index < -0.39 is 0 Å². The molecule has 0 saturated heterocycles. The van der Waals surface area contributed by atoms with E-state index in [0.717, 1.165) is 24.4 Å². The predicted octanol–water partition coefficient (Wildman–Crippen LogP) is 5.45. The minimum absolute atomic E-state index is 0.252. The van der Waals surface area contributed by atoms with E-state index in [0.29, 0.717) is 0 Å². The van der Waals surface area contributed by atoms with Gasteiger partial charge in [0.05, 0.1) is 5.82 Å². The maximum atomic E-state index is 4.19. The van der Waals surface area contributed by atoms with E-state index in [-0.39, 0.29) is 6.04 Å². The van der Waals surface area contributed by atoms with Gasteiger partial charge in [-0.05, 0) is 73.1 Å². The van der Waals surface area contributed by atoms with Gasteiger partial charge in [-0.3, -0.25) is 0 Å². The number of nitrogens with one attached hydrogen (secondary N) is 2. The first-order valence-electron chi connectivity index (χ1n) is 9.09. The molecule has 2 heteroatoms. The minimum Gasteiger partial charge on any atom is -0.366 e. The van der Waals surface area contributed by atoms with Crippen LogP contribution in [-0.4, -0.2) is 6.04 Å². The summed E-state index contributed by atoms with van der Waals surface area (Å²) in [5.74, 6) is 0.847. The molecule has 2 nitrogen and oxygen atoms in total. The molecule has 3 rings (SSSR count). The highest BCUT2D eigenvalue weighted by Crippen LogP contribution is 2.34. The van der Waals surface area contributed by atoms with Crippen LogP contribution in [0.3, 0.4) is 0 Å². The molecule has 1 unspecified atom stereocenters. The molecule has 1 atom stereocenters. The van der Waals surface area contributed by atoms with Crippen LogP contribution in [-0.2, 0) is 12.8 Å². The Morgan fingerprint density at radius 1 is 1.16 bits per heavy atom. The summed E-state index contributed by atoms with van der Waals surface area (Å²) >= 11 is 0. The Morgan fingerprint density at radius 3 is 2.64 bits per heavy atom. The second kappa shape index (κ2) is 7.18. The summed E-state index contributed by atoms with van der Waals surface area (Å²) in [6, 6.07) is 15.5. The van der Waals surface area contributed by atoms with Crippen LogP contribution in [0.5, 0.6) is 0 Å². The van der Waals surface area contributed by atoms with E-state index in [2.05, 4.69) is 87.4 Å². The van der Waals surface area contributed by atoms with Crippen molar-refractivity contribution >= 4 is 11.3 Å². The number of benzene rings is 2. The number of fused-ring (bicyclic) bond motifs is 1. The van der Waals surface area contributed by atoms with Gasteiger partial charge in [-0.2, -0.15) is 0 Å². The van der Waals surface area contributed by atoms with Crippen molar-refractivity contribution in [3.8, 4) is 0 Å². The molecule has 1 aliphatic rings. The fraction of sp³-hybridized carbons (Fsp3) is 0.304. The number of hydrogen-bond acceptors (Lipinski definition) is 2. The molecule has 2 N–H and O–H groups in total. The normalized spacial score (nSPS) is 14.2. The van der Waals surface area contributed by atoms with Gasteiger partial charge in [0.25, 0.3) is 0 Å².